The highest BCUT2D eigenvalue weighted by Crippen LogP contribution is 2.22. The Bertz CT molecular complexity index is 1310. The summed E-state index contributed by atoms with van der Waals surface area (Å²) in [6.45, 7) is 0. The molecular formula is C23H19N3O5S. The lowest BCUT2D eigenvalue weighted by Gasteiger charge is -2.07. The molecule has 4 aromatic rings. The summed E-state index contributed by atoms with van der Waals surface area (Å²) in [6, 6.07) is 23.9. The number of carbonyl (C=O) groups is 1. The number of para-hydroxylation sites is 1. The van der Waals surface area contributed by atoms with Crippen LogP contribution in [0.1, 0.15) is 16.2 Å². The zero-order valence-corrected chi connectivity index (χ0v) is 17.7. The maximum Gasteiger partial charge on any atom is 0.322 e. The molecule has 8 nitrogen and oxygen atoms in total. The van der Waals surface area contributed by atoms with Gasteiger partial charge in [-0.25, -0.2) is 8.42 Å². The molecule has 1 N–H and O–H groups in total. The van der Waals surface area contributed by atoms with Gasteiger partial charge < -0.3 is 9.15 Å². The van der Waals surface area contributed by atoms with Gasteiger partial charge in [0.05, 0.1) is 10.6 Å². The molecule has 1 aromatic heterocycles. The van der Waals surface area contributed by atoms with Gasteiger partial charge in [0.25, 0.3) is 5.91 Å². The van der Waals surface area contributed by atoms with Crippen LogP contribution in [-0.4, -0.2) is 30.3 Å². The van der Waals surface area contributed by atoms with Crippen molar-refractivity contribution in [1.29, 1.82) is 0 Å². The van der Waals surface area contributed by atoms with E-state index in [1.807, 2.05) is 30.3 Å². The number of aryl methyl sites for hydroxylation is 1. The van der Waals surface area contributed by atoms with Crippen LogP contribution < -0.4 is 10.1 Å². The molecule has 0 radical (unpaired) electrons. The van der Waals surface area contributed by atoms with E-state index in [2.05, 4.69) is 15.5 Å². The van der Waals surface area contributed by atoms with Gasteiger partial charge in [0.15, 0.2) is 9.84 Å². The number of rotatable bonds is 8. The van der Waals surface area contributed by atoms with Crippen molar-refractivity contribution in [2.45, 2.75) is 11.3 Å². The van der Waals surface area contributed by atoms with Crippen molar-refractivity contribution in [3.05, 3.63) is 96.4 Å². The first-order valence-electron chi connectivity index (χ1n) is 9.74. The molecule has 0 fully saturated rings. The summed E-state index contributed by atoms with van der Waals surface area (Å²) in [5.41, 5.74) is 0.338. The molecule has 0 saturated carbocycles. The molecule has 0 bridgehead atoms. The van der Waals surface area contributed by atoms with Crippen LogP contribution >= 0.6 is 0 Å². The van der Waals surface area contributed by atoms with E-state index in [9.17, 15) is 13.2 Å². The van der Waals surface area contributed by atoms with Gasteiger partial charge in [0.2, 0.25) is 5.89 Å². The van der Waals surface area contributed by atoms with Gasteiger partial charge in [0.1, 0.15) is 11.5 Å². The van der Waals surface area contributed by atoms with Crippen molar-refractivity contribution < 1.29 is 22.4 Å². The number of ether oxygens (including phenoxy) is 1. The lowest BCUT2D eigenvalue weighted by atomic mass is 10.2. The normalized spacial score (nSPS) is 11.1. The second kappa shape index (κ2) is 9.44. The molecule has 0 aliphatic carbocycles. The van der Waals surface area contributed by atoms with Gasteiger partial charge >= 0.3 is 6.01 Å². The SMILES string of the molecule is O=C(Nc1nnc(CCS(=O)(=O)c2ccccc2)o1)c1cccc(Oc2ccccc2)c1. The maximum absolute atomic E-state index is 12.5. The second-order valence-electron chi connectivity index (χ2n) is 6.78. The maximum atomic E-state index is 12.5. The molecule has 0 spiro atoms. The minimum Gasteiger partial charge on any atom is -0.457 e. The first kappa shape index (κ1) is 21.3. The zero-order chi connectivity index (χ0) is 22.4. The number of amides is 1. The average molecular weight is 449 g/mol. The highest BCUT2D eigenvalue weighted by Gasteiger charge is 2.17. The number of benzene rings is 3. The topological polar surface area (TPSA) is 111 Å². The fourth-order valence-electron chi connectivity index (χ4n) is 2.87. The lowest BCUT2D eigenvalue weighted by Crippen LogP contribution is -2.12. The number of nitrogens with one attached hydrogen (secondary N) is 1. The van der Waals surface area contributed by atoms with Crippen LogP contribution in [0.4, 0.5) is 6.01 Å². The molecule has 32 heavy (non-hydrogen) atoms. The summed E-state index contributed by atoms with van der Waals surface area (Å²) in [5.74, 6) is 0.612. The number of hydrogen-bond donors (Lipinski definition) is 1. The van der Waals surface area contributed by atoms with Crippen molar-refractivity contribution in [3.63, 3.8) is 0 Å². The summed E-state index contributed by atoms with van der Waals surface area (Å²) in [4.78, 5) is 12.8. The number of carbonyl (C=O) groups excluding carboxylic acids is 1. The highest BCUT2D eigenvalue weighted by atomic mass is 32.2. The first-order valence-corrected chi connectivity index (χ1v) is 11.4. The first-order chi connectivity index (χ1) is 15.5. The molecule has 0 saturated heterocycles. The fourth-order valence-corrected chi connectivity index (χ4v) is 4.12. The van der Waals surface area contributed by atoms with Crippen LogP contribution in [-0.2, 0) is 16.3 Å². The Kier molecular flexibility index (Phi) is 6.27. The molecule has 0 atom stereocenters. The molecular weight excluding hydrogens is 430 g/mol. The smallest absolute Gasteiger partial charge is 0.322 e. The Morgan fingerprint density at radius 2 is 1.56 bits per heavy atom. The van der Waals surface area contributed by atoms with Crippen molar-refractivity contribution in [2.24, 2.45) is 0 Å². The summed E-state index contributed by atoms with van der Waals surface area (Å²) in [5, 5.41) is 10.1. The van der Waals surface area contributed by atoms with E-state index < -0.39 is 15.7 Å². The predicted octanol–water partition coefficient (Wildman–Crippen LogP) is 4.13. The summed E-state index contributed by atoms with van der Waals surface area (Å²) >= 11 is 0. The summed E-state index contributed by atoms with van der Waals surface area (Å²) in [7, 11) is -3.47. The van der Waals surface area contributed by atoms with E-state index in [0.717, 1.165) is 0 Å². The largest absolute Gasteiger partial charge is 0.457 e. The van der Waals surface area contributed by atoms with Crippen LogP contribution in [0.2, 0.25) is 0 Å². The van der Waals surface area contributed by atoms with Gasteiger partial charge in [-0.3, -0.25) is 10.1 Å². The molecule has 4 rings (SSSR count). The van der Waals surface area contributed by atoms with E-state index >= 15 is 0 Å². The van der Waals surface area contributed by atoms with Crippen molar-refractivity contribution in [3.8, 4) is 11.5 Å². The van der Waals surface area contributed by atoms with Crippen LogP contribution in [0.5, 0.6) is 11.5 Å². The van der Waals surface area contributed by atoms with Crippen molar-refractivity contribution >= 4 is 21.8 Å². The summed E-state index contributed by atoms with van der Waals surface area (Å²) in [6.07, 6.45) is 0.0283. The van der Waals surface area contributed by atoms with Crippen LogP contribution in [0.25, 0.3) is 0 Å². The summed E-state index contributed by atoms with van der Waals surface area (Å²) < 4.78 is 35.9. The minimum absolute atomic E-state index is 0.0283. The van der Waals surface area contributed by atoms with Gasteiger partial charge in [-0.15, -0.1) is 5.10 Å². The van der Waals surface area contributed by atoms with Crippen LogP contribution in [0.3, 0.4) is 0 Å². The Hall–Kier alpha value is -3.98. The number of anilines is 1. The number of hydrogen-bond acceptors (Lipinski definition) is 7. The van der Waals surface area contributed by atoms with E-state index in [4.69, 9.17) is 9.15 Å². The number of aromatic nitrogens is 2. The van der Waals surface area contributed by atoms with E-state index in [0.29, 0.717) is 17.1 Å². The molecule has 0 aliphatic rings. The molecule has 0 unspecified atom stereocenters. The molecule has 1 amide bonds. The molecule has 0 aliphatic heterocycles. The Morgan fingerprint density at radius 3 is 2.31 bits per heavy atom. The molecule has 3 aromatic carbocycles. The standard InChI is InChI=1S/C23H19N3O5S/c27-22(17-8-7-11-19(16-17)30-18-9-3-1-4-10-18)24-23-26-25-21(31-23)14-15-32(28,29)20-12-5-2-6-13-20/h1-13,16H,14-15H2,(H,24,26,27). The third kappa shape index (κ3) is 5.38. The highest BCUT2D eigenvalue weighted by molar-refractivity contribution is 7.91. The zero-order valence-electron chi connectivity index (χ0n) is 16.8. The molecule has 1 heterocycles. The Labute approximate surface area is 184 Å². The van der Waals surface area contributed by atoms with Gasteiger partial charge in [-0.1, -0.05) is 47.6 Å². The van der Waals surface area contributed by atoms with Gasteiger partial charge in [0, 0.05) is 12.0 Å². The molecule has 9 heteroatoms. The third-order valence-electron chi connectivity index (χ3n) is 4.45. The minimum atomic E-state index is -3.47. The van der Waals surface area contributed by atoms with E-state index in [-0.39, 0.29) is 29.0 Å². The van der Waals surface area contributed by atoms with Crippen LogP contribution in [0, 0.1) is 0 Å². The predicted molar refractivity (Wildman–Crippen MR) is 117 cm³/mol. The Morgan fingerprint density at radius 1 is 0.875 bits per heavy atom. The third-order valence-corrected chi connectivity index (χ3v) is 6.18. The van der Waals surface area contributed by atoms with Crippen molar-refractivity contribution in [2.75, 3.05) is 11.1 Å². The van der Waals surface area contributed by atoms with Gasteiger partial charge in [-0.2, -0.15) is 0 Å². The fraction of sp³-hybridized carbons (Fsp3) is 0.0870. The molecule has 162 valence electrons. The van der Waals surface area contributed by atoms with E-state index in [1.54, 1.807) is 42.5 Å². The van der Waals surface area contributed by atoms with Crippen molar-refractivity contribution in [1.82, 2.24) is 10.2 Å². The van der Waals surface area contributed by atoms with Gasteiger partial charge in [-0.05, 0) is 42.5 Å². The number of sulfone groups is 1. The monoisotopic (exact) mass is 449 g/mol. The Balaban J connectivity index is 1.37. The number of nitrogens with zero attached hydrogens (tertiary/aromatic N) is 2. The second-order valence-corrected chi connectivity index (χ2v) is 8.89. The van der Waals surface area contributed by atoms with E-state index in [1.165, 1.54) is 12.1 Å². The lowest BCUT2D eigenvalue weighted by molar-refractivity contribution is 0.102. The quantitative estimate of drug-likeness (QED) is 0.430. The van der Waals surface area contributed by atoms with Crippen LogP contribution in [0.15, 0.2) is 94.2 Å². The average Bonchev–Trinajstić information content (AvgIpc) is 3.26.